The van der Waals surface area contributed by atoms with E-state index < -0.39 is 0 Å². The third kappa shape index (κ3) is 7.79. The predicted octanol–water partition coefficient (Wildman–Crippen LogP) is 9.93. The van der Waals surface area contributed by atoms with Crippen LogP contribution in [0.5, 0.6) is 5.75 Å². The summed E-state index contributed by atoms with van der Waals surface area (Å²) in [6.45, 7) is 0. The molecule has 0 saturated heterocycles. The van der Waals surface area contributed by atoms with Crippen LogP contribution in [0.15, 0.2) is 158 Å². The number of hydrogen-bond acceptors (Lipinski definition) is 6. The third-order valence-electron chi connectivity index (χ3n) is 5.20. The van der Waals surface area contributed by atoms with Crippen LogP contribution in [-0.2, 0) is 0 Å². The van der Waals surface area contributed by atoms with E-state index in [1.165, 1.54) is 14.7 Å². The van der Waals surface area contributed by atoms with Gasteiger partial charge in [0.05, 0.1) is 10.3 Å². The van der Waals surface area contributed by atoms with Crippen molar-refractivity contribution in [3.8, 4) is 5.75 Å². The summed E-state index contributed by atoms with van der Waals surface area (Å²) in [4.78, 5) is 8.72. The standard InChI is InChI=1S/C31H25NOS4/c1-5-13-24(14-6-1)32-30(33-25-15-7-2-8-16-25)29(35-28-21-22-34-23-28)31(36-26-17-9-3-10-18-26)37-27-19-11-4-12-20-27/h1-23,29,31H/b32-30-. The lowest BCUT2D eigenvalue weighted by Gasteiger charge is -2.27. The number of thioether (sulfide) groups is 3. The molecule has 184 valence electrons. The molecule has 6 heteroatoms. The molecule has 0 amide bonds. The molecule has 5 rings (SSSR count). The Morgan fingerprint density at radius 1 is 0.595 bits per heavy atom. The number of rotatable bonds is 10. The first-order valence-corrected chi connectivity index (χ1v) is 15.4. The SMILES string of the molecule is c1ccc(/N=C(\Oc2ccccc2)C(Sc2ccsc2)C(Sc2ccccc2)Sc2ccccc2)cc1. The van der Waals surface area contributed by atoms with Crippen molar-refractivity contribution in [3.05, 3.63) is 138 Å². The third-order valence-corrected chi connectivity index (χ3v) is 10.3. The number of aliphatic imine (C=N–C) groups is 1. The van der Waals surface area contributed by atoms with Crippen LogP contribution in [0, 0.1) is 0 Å². The highest BCUT2D eigenvalue weighted by Crippen LogP contribution is 2.44. The second kappa shape index (κ2) is 13.6. The van der Waals surface area contributed by atoms with E-state index in [9.17, 15) is 0 Å². The lowest BCUT2D eigenvalue weighted by Crippen LogP contribution is -2.31. The lowest BCUT2D eigenvalue weighted by molar-refractivity contribution is 0.537. The van der Waals surface area contributed by atoms with Crippen LogP contribution in [0.25, 0.3) is 0 Å². The molecule has 1 aromatic heterocycles. The summed E-state index contributed by atoms with van der Waals surface area (Å²) in [5, 5.41) is 4.23. The number of thiophene rings is 1. The summed E-state index contributed by atoms with van der Waals surface area (Å²) < 4.78 is 6.68. The van der Waals surface area contributed by atoms with E-state index in [1.807, 2.05) is 84.2 Å². The zero-order chi connectivity index (χ0) is 25.1. The summed E-state index contributed by atoms with van der Waals surface area (Å²) in [6.07, 6.45) is 0. The van der Waals surface area contributed by atoms with Crippen LogP contribution in [0.4, 0.5) is 5.69 Å². The van der Waals surface area contributed by atoms with E-state index in [1.54, 1.807) is 23.1 Å². The van der Waals surface area contributed by atoms with Gasteiger partial charge < -0.3 is 4.74 Å². The zero-order valence-electron chi connectivity index (χ0n) is 19.9. The average Bonchev–Trinajstić information content (AvgIpc) is 3.47. The minimum atomic E-state index is -0.0783. The van der Waals surface area contributed by atoms with Gasteiger partial charge in [0.25, 0.3) is 0 Å². The zero-order valence-corrected chi connectivity index (χ0v) is 23.2. The minimum Gasteiger partial charge on any atom is -0.442 e. The summed E-state index contributed by atoms with van der Waals surface area (Å²) in [5.41, 5.74) is 0.873. The molecule has 5 aromatic rings. The molecule has 4 aromatic carbocycles. The molecule has 2 nitrogen and oxygen atoms in total. The highest BCUT2D eigenvalue weighted by Gasteiger charge is 2.32. The largest absolute Gasteiger partial charge is 0.442 e. The Balaban J connectivity index is 1.59. The van der Waals surface area contributed by atoms with Crippen molar-refractivity contribution in [2.45, 2.75) is 24.5 Å². The Morgan fingerprint density at radius 2 is 1.14 bits per heavy atom. The van der Waals surface area contributed by atoms with Crippen LogP contribution in [0.3, 0.4) is 0 Å². The fourth-order valence-corrected chi connectivity index (χ4v) is 8.40. The van der Waals surface area contributed by atoms with Gasteiger partial charge in [0, 0.05) is 20.1 Å². The van der Waals surface area contributed by atoms with Gasteiger partial charge in [0.1, 0.15) is 11.0 Å². The highest BCUT2D eigenvalue weighted by atomic mass is 32.2. The van der Waals surface area contributed by atoms with E-state index in [0.29, 0.717) is 5.90 Å². The van der Waals surface area contributed by atoms with Crippen molar-refractivity contribution in [3.63, 3.8) is 0 Å². The molecule has 0 bridgehead atoms. The molecule has 0 radical (unpaired) electrons. The maximum Gasteiger partial charge on any atom is 0.210 e. The maximum absolute atomic E-state index is 6.59. The van der Waals surface area contributed by atoms with Gasteiger partial charge in [0.2, 0.25) is 5.90 Å². The van der Waals surface area contributed by atoms with Crippen LogP contribution in [0.1, 0.15) is 0 Å². The van der Waals surface area contributed by atoms with Crippen molar-refractivity contribution in [2.24, 2.45) is 4.99 Å². The van der Waals surface area contributed by atoms with Gasteiger partial charge in [-0.2, -0.15) is 11.3 Å². The first-order valence-electron chi connectivity index (χ1n) is 11.8. The lowest BCUT2D eigenvalue weighted by atomic mass is 10.3. The fraction of sp³-hybridized carbons (Fsp3) is 0.0645. The molecule has 0 spiro atoms. The predicted molar refractivity (Wildman–Crippen MR) is 163 cm³/mol. The van der Waals surface area contributed by atoms with E-state index in [4.69, 9.17) is 9.73 Å². The van der Waals surface area contributed by atoms with Gasteiger partial charge in [0.15, 0.2) is 0 Å². The summed E-state index contributed by atoms with van der Waals surface area (Å²) >= 11 is 7.20. The minimum absolute atomic E-state index is 0.0783. The second-order valence-electron chi connectivity index (χ2n) is 7.93. The maximum atomic E-state index is 6.59. The van der Waals surface area contributed by atoms with E-state index in [2.05, 4.69) is 77.5 Å². The van der Waals surface area contributed by atoms with Crippen molar-refractivity contribution in [1.29, 1.82) is 0 Å². The average molecular weight is 556 g/mol. The summed E-state index contributed by atoms with van der Waals surface area (Å²) in [5.74, 6) is 1.46. The van der Waals surface area contributed by atoms with Crippen LogP contribution in [0.2, 0.25) is 0 Å². The molecular weight excluding hydrogens is 531 g/mol. The fourth-order valence-electron chi connectivity index (χ4n) is 3.49. The van der Waals surface area contributed by atoms with Crippen molar-refractivity contribution < 1.29 is 4.74 Å². The normalized spacial score (nSPS) is 12.4. The number of hydrogen-bond donors (Lipinski definition) is 0. The number of benzene rings is 4. The second-order valence-corrected chi connectivity index (χ2v) is 12.7. The van der Waals surface area contributed by atoms with E-state index in [0.717, 1.165) is 11.4 Å². The van der Waals surface area contributed by atoms with Gasteiger partial charge in [-0.1, -0.05) is 72.8 Å². The van der Waals surface area contributed by atoms with Crippen LogP contribution in [-0.4, -0.2) is 15.7 Å². The van der Waals surface area contributed by atoms with Crippen molar-refractivity contribution in [1.82, 2.24) is 0 Å². The number of para-hydroxylation sites is 2. The molecule has 37 heavy (non-hydrogen) atoms. The number of nitrogens with zero attached hydrogens (tertiary/aromatic N) is 1. The first kappa shape index (κ1) is 25.7. The molecule has 0 fully saturated rings. The van der Waals surface area contributed by atoms with Gasteiger partial charge >= 0.3 is 0 Å². The van der Waals surface area contributed by atoms with Gasteiger partial charge in [-0.3, -0.25) is 0 Å². The molecule has 1 heterocycles. The van der Waals surface area contributed by atoms with E-state index in [-0.39, 0.29) is 9.83 Å². The Kier molecular flexibility index (Phi) is 9.45. The number of ether oxygens (including phenoxy) is 1. The molecular formula is C31H25NOS4. The summed E-state index contributed by atoms with van der Waals surface area (Å²) in [6, 6.07) is 43.3. The molecule has 0 N–H and O–H groups in total. The van der Waals surface area contributed by atoms with Crippen LogP contribution < -0.4 is 4.74 Å². The summed E-state index contributed by atoms with van der Waals surface area (Å²) in [7, 11) is 0. The molecule has 0 aliphatic heterocycles. The Hall–Kier alpha value is -2.90. The molecule has 1 atom stereocenters. The topological polar surface area (TPSA) is 21.6 Å². The Labute approximate surface area is 235 Å². The quantitative estimate of drug-likeness (QED) is 0.0740. The van der Waals surface area contributed by atoms with Gasteiger partial charge in [-0.05, 0) is 60.0 Å². The molecule has 0 aliphatic rings. The monoisotopic (exact) mass is 555 g/mol. The Bertz CT molecular complexity index is 1320. The molecule has 1 unspecified atom stereocenters. The van der Waals surface area contributed by atoms with Crippen LogP contribution >= 0.6 is 46.6 Å². The van der Waals surface area contributed by atoms with Gasteiger partial charge in [-0.15, -0.1) is 35.3 Å². The highest BCUT2D eigenvalue weighted by molar-refractivity contribution is 8.18. The van der Waals surface area contributed by atoms with Crippen molar-refractivity contribution in [2.75, 3.05) is 0 Å². The first-order chi connectivity index (χ1) is 18.3. The molecule has 0 saturated carbocycles. The van der Waals surface area contributed by atoms with Crippen molar-refractivity contribution >= 4 is 58.2 Å². The van der Waals surface area contributed by atoms with Gasteiger partial charge in [-0.25, -0.2) is 4.99 Å². The smallest absolute Gasteiger partial charge is 0.210 e. The van der Waals surface area contributed by atoms with E-state index >= 15 is 0 Å². The molecule has 0 aliphatic carbocycles. The Morgan fingerprint density at radius 3 is 1.68 bits per heavy atom.